The van der Waals surface area contributed by atoms with Crippen LogP contribution in [0.5, 0.6) is 0 Å². The van der Waals surface area contributed by atoms with Crippen molar-refractivity contribution in [2.24, 2.45) is 0 Å². The quantitative estimate of drug-likeness (QED) is 0.156. The molecule has 13 aromatic rings. The molecule has 64 heavy (non-hydrogen) atoms. The van der Waals surface area contributed by atoms with Crippen molar-refractivity contribution < 1.29 is 0 Å². The fraction of sp³-hybridized carbons (Fsp3) is 0. The van der Waals surface area contributed by atoms with Crippen molar-refractivity contribution in [1.29, 1.82) is 0 Å². The van der Waals surface area contributed by atoms with Crippen LogP contribution in [0, 0.1) is 0 Å². The van der Waals surface area contributed by atoms with Gasteiger partial charge in [-0.1, -0.05) is 127 Å². The summed E-state index contributed by atoms with van der Waals surface area (Å²) in [6, 6.07) is 72.6. The number of rotatable bonds is 6. The van der Waals surface area contributed by atoms with Gasteiger partial charge in [-0.15, -0.1) is 22.7 Å². The number of hydrogen-bond acceptors (Lipinski definition) is 5. The molecule has 0 radical (unpaired) electrons. The van der Waals surface area contributed by atoms with E-state index in [1.165, 1.54) is 67.8 Å². The molecule has 13 rings (SSSR count). The van der Waals surface area contributed by atoms with Crippen molar-refractivity contribution in [3.05, 3.63) is 213 Å². The molecule has 0 fully saturated rings. The van der Waals surface area contributed by atoms with Crippen LogP contribution in [0.3, 0.4) is 0 Å². The molecule has 0 saturated heterocycles. The minimum atomic E-state index is 0.684. The number of pyridine rings is 1. The zero-order valence-corrected chi connectivity index (χ0v) is 36.0. The summed E-state index contributed by atoms with van der Waals surface area (Å²) in [4.78, 5) is 15.3. The van der Waals surface area contributed by atoms with Crippen LogP contribution in [0.25, 0.3) is 129 Å². The van der Waals surface area contributed by atoms with E-state index in [1.54, 1.807) is 0 Å². The zero-order chi connectivity index (χ0) is 42.1. The third-order valence-corrected chi connectivity index (χ3v) is 14.9. The molecule has 0 aliphatic carbocycles. The van der Waals surface area contributed by atoms with E-state index in [-0.39, 0.29) is 0 Å². The molecular weight excluding hydrogens is 815 g/mol. The summed E-state index contributed by atoms with van der Waals surface area (Å²) >= 11 is 3.70. The van der Waals surface area contributed by atoms with Crippen molar-refractivity contribution in [3.8, 4) is 67.3 Å². The highest BCUT2D eigenvalue weighted by atomic mass is 32.1. The lowest BCUT2D eigenvalue weighted by Crippen LogP contribution is -1.98. The van der Waals surface area contributed by atoms with Crippen molar-refractivity contribution >= 4 is 84.6 Å². The average Bonchev–Trinajstić information content (AvgIpc) is 3.93. The van der Waals surface area contributed by atoms with Gasteiger partial charge in [0.2, 0.25) is 0 Å². The Labute approximate surface area is 377 Å². The SMILES string of the molecule is c1ccc(-c2nc(-c3cc(-c4ccc5sc6ccccc6c5c4)cc(-c4ccc5sc6ccccc6c5c4)c3)cc(-c3c4ccccc4c(-c4ccncc4)c4ccccc34)n2)cc1. The van der Waals surface area contributed by atoms with E-state index in [2.05, 4.69) is 199 Å². The van der Waals surface area contributed by atoms with E-state index in [4.69, 9.17) is 9.97 Å². The Hall–Kier alpha value is -7.83. The van der Waals surface area contributed by atoms with Crippen LogP contribution in [0.4, 0.5) is 0 Å². The molecule has 0 spiro atoms. The van der Waals surface area contributed by atoms with Crippen LogP contribution in [-0.4, -0.2) is 15.0 Å². The Balaban J connectivity index is 1.08. The van der Waals surface area contributed by atoms with Gasteiger partial charge < -0.3 is 0 Å². The topological polar surface area (TPSA) is 38.7 Å². The molecule has 0 atom stereocenters. The van der Waals surface area contributed by atoms with Gasteiger partial charge >= 0.3 is 0 Å². The molecule has 3 nitrogen and oxygen atoms in total. The smallest absolute Gasteiger partial charge is 0.160 e. The lowest BCUT2D eigenvalue weighted by molar-refractivity contribution is 1.19. The predicted octanol–water partition coefficient (Wildman–Crippen LogP) is 16.9. The van der Waals surface area contributed by atoms with Gasteiger partial charge in [0.15, 0.2) is 5.82 Å². The number of fused-ring (bicyclic) bond motifs is 8. The fourth-order valence-corrected chi connectivity index (χ4v) is 11.8. The number of aromatic nitrogens is 3. The van der Waals surface area contributed by atoms with E-state index in [1.807, 2.05) is 41.1 Å². The first-order valence-electron chi connectivity index (χ1n) is 21.5. The van der Waals surface area contributed by atoms with E-state index in [0.717, 1.165) is 55.5 Å². The van der Waals surface area contributed by atoms with Gasteiger partial charge in [-0.25, -0.2) is 9.97 Å². The normalized spacial score (nSPS) is 11.8. The zero-order valence-electron chi connectivity index (χ0n) is 34.4. The molecule has 4 heterocycles. The summed E-state index contributed by atoms with van der Waals surface area (Å²) in [7, 11) is 0. The standard InChI is InChI=1S/C59H35N3S2/c1-2-12-37(13-3-1)59-61-51(35-52(62-59)58-47-18-6-4-16-45(47)57(36-26-28-60-29-27-36)46-17-5-7-19-48(46)58)42-31-40(38-22-24-55-49(33-38)43-14-8-10-20-53(43)63-55)30-41(32-42)39-23-25-56-50(34-39)44-15-9-11-21-54(44)64-56/h1-35H. The molecule has 5 heteroatoms. The molecule has 0 aliphatic heterocycles. The van der Waals surface area contributed by atoms with E-state index in [9.17, 15) is 0 Å². The minimum absolute atomic E-state index is 0.684. The maximum absolute atomic E-state index is 5.46. The van der Waals surface area contributed by atoms with Gasteiger partial charge in [-0.05, 0) is 128 Å². The summed E-state index contributed by atoms with van der Waals surface area (Å²) in [6.45, 7) is 0. The molecule has 9 aromatic carbocycles. The summed E-state index contributed by atoms with van der Waals surface area (Å²) in [5.41, 5.74) is 11.8. The molecule has 0 saturated carbocycles. The summed E-state index contributed by atoms with van der Waals surface area (Å²) in [5.74, 6) is 0.684. The lowest BCUT2D eigenvalue weighted by atomic mass is 9.87. The van der Waals surface area contributed by atoms with Crippen LogP contribution < -0.4 is 0 Å². The maximum Gasteiger partial charge on any atom is 0.160 e. The number of thiophene rings is 2. The fourth-order valence-electron chi connectivity index (χ4n) is 9.59. The second-order valence-electron chi connectivity index (χ2n) is 16.3. The Morgan fingerprint density at radius 2 is 0.719 bits per heavy atom. The highest BCUT2D eigenvalue weighted by molar-refractivity contribution is 7.26. The average molecular weight is 850 g/mol. The molecule has 0 N–H and O–H groups in total. The number of hydrogen-bond donors (Lipinski definition) is 0. The van der Waals surface area contributed by atoms with Crippen molar-refractivity contribution in [2.45, 2.75) is 0 Å². The van der Waals surface area contributed by atoms with Crippen LogP contribution in [-0.2, 0) is 0 Å². The highest BCUT2D eigenvalue weighted by Gasteiger charge is 2.21. The number of benzene rings is 9. The van der Waals surface area contributed by atoms with Crippen molar-refractivity contribution in [1.82, 2.24) is 15.0 Å². The maximum atomic E-state index is 5.46. The summed E-state index contributed by atoms with van der Waals surface area (Å²) < 4.78 is 5.18. The monoisotopic (exact) mass is 849 g/mol. The minimum Gasteiger partial charge on any atom is -0.265 e. The third-order valence-electron chi connectivity index (χ3n) is 12.6. The second kappa shape index (κ2) is 14.9. The van der Waals surface area contributed by atoms with Gasteiger partial charge in [-0.2, -0.15) is 0 Å². The second-order valence-corrected chi connectivity index (χ2v) is 18.5. The first-order chi connectivity index (χ1) is 31.7. The van der Waals surface area contributed by atoms with Crippen LogP contribution in [0.1, 0.15) is 0 Å². The van der Waals surface area contributed by atoms with E-state index < -0.39 is 0 Å². The highest BCUT2D eigenvalue weighted by Crippen LogP contribution is 2.45. The molecule has 0 unspecified atom stereocenters. The van der Waals surface area contributed by atoms with Gasteiger partial charge in [0.1, 0.15) is 0 Å². The number of nitrogens with zero attached hydrogens (tertiary/aromatic N) is 3. The van der Waals surface area contributed by atoms with E-state index >= 15 is 0 Å². The molecule has 0 amide bonds. The van der Waals surface area contributed by atoms with Gasteiger partial charge in [0.05, 0.1) is 11.4 Å². The molecule has 4 aromatic heterocycles. The lowest BCUT2D eigenvalue weighted by Gasteiger charge is -2.18. The van der Waals surface area contributed by atoms with Crippen molar-refractivity contribution in [2.75, 3.05) is 0 Å². The van der Waals surface area contributed by atoms with Crippen LogP contribution in [0.15, 0.2) is 213 Å². The Morgan fingerprint density at radius 1 is 0.266 bits per heavy atom. The van der Waals surface area contributed by atoms with Crippen molar-refractivity contribution in [3.63, 3.8) is 0 Å². The molecule has 0 bridgehead atoms. The molecule has 0 aliphatic rings. The largest absolute Gasteiger partial charge is 0.265 e. The van der Waals surface area contributed by atoms with Crippen LogP contribution >= 0.6 is 22.7 Å². The van der Waals surface area contributed by atoms with Crippen LogP contribution in [0.2, 0.25) is 0 Å². The van der Waals surface area contributed by atoms with Gasteiger partial charge in [-0.3, -0.25) is 4.98 Å². The van der Waals surface area contributed by atoms with Gasteiger partial charge in [0, 0.05) is 69.4 Å². The van der Waals surface area contributed by atoms with E-state index in [0.29, 0.717) is 5.82 Å². The Bertz CT molecular complexity index is 3770. The Kier molecular flexibility index (Phi) is 8.58. The summed E-state index contributed by atoms with van der Waals surface area (Å²) in [6.07, 6.45) is 3.75. The van der Waals surface area contributed by atoms with Gasteiger partial charge in [0.25, 0.3) is 0 Å². The first-order valence-corrected chi connectivity index (χ1v) is 23.1. The Morgan fingerprint density at radius 3 is 1.28 bits per heavy atom. The molecule has 298 valence electrons. The third kappa shape index (κ3) is 6.12. The first kappa shape index (κ1) is 36.8. The predicted molar refractivity (Wildman–Crippen MR) is 273 cm³/mol. The molecular formula is C59H35N3S2. The summed E-state index contributed by atoms with van der Waals surface area (Å²) in [5, 5.41) is 9.75.